The molecule has 0 saturated carbocycles. The van der Waals surface area contributed by atoms with Crippen LogP contribution in [-0.4, -0.2) is 42.1 Å². The number of rotatable bonds is 6. The average molecular weight is 367 g/mol. The number of nitrogens with zero attached hydrogens (tertiary/aromatic N) is 1. The molecule has 1 saturated heterocycles. The molecule has 142 valence electrons. The van der Waals surface area contributed by atoms with Crippen molar-refractivity contribution in [3.63, 3.8) is 0 Å². The maximum absolute atomic E-state index is 12.9. The average Bonchev–Trinajstić information content (AvgIpc) is 3.14. The van der Waals surface area contributed by atoms with Crippen molar-refractivity contribution in [2.75, 3.05) is 20.2 Å². The van der Waals surface area contributed by atoms with Gasteiger partial charge in [0.15, 0.2) is 0 Å². The van der Waals surface area contributed by atoms with Gasteiger partial charge in [0, 0.05) is 24.9 Å². The van der Waals surface area contributed by atoms with Crippen molar-refractivity contribution in [1.29, 1.82) is 0 Å². The van der Waals surface area contributed by atoms with Gasteiger partial charge in [-0.1, -0.05) is 49.4 Å². The van der Waals surface area contributed by atoms with E-state index < -0.39 is 11.9 Å². The molecule has 0 bridgehead atoms. The summed E-state index contributed by atoms with van der Waals surface area (Å²) < 4.78 is 5.16. The summed E-state index contributed by atoms with van der Waals surface area (Å²) in [7, 11) is 1.62. The smallest absolute Gasteiger partial charge is 0.308 e. The minimum absolute atomic E-state index is 0.00972. The molecule has 27 heavy (non-hydrogen) atoms. The molecule has 1 unspecified atom stereocenters. The normalized spacial score (nSPS) is 20.3. The van der Waals surface area contributed by atoms with Crippen LogP contribution >= 0.6 is 0 Å². The molecule has 5 heteroatoms. The quantitative estimate of drug-likeness (QED) is 0.851. The number of carboxylic acids is 1. The lowest BCUT2D eigenvalue weighted by atomic mass is 9.89. The summed E-state index contributed by atoms with van der Waals surface area (Å²) in [5, 5.41) is 9.62. The third-order valence-corrected chi connectivity index (χ3v) is 5.30. The Morgan fingerprint density at radius 1 is 1.11 bits per heavy atom. The zero-order chi connectivity index (χ0) is 19.4. The van der Waals surface area contributed by atoms with Gasteiger partial charge in [0.2, 0.25) is 5.91 Å². The van der Waals surface area contributed by atoms with Crippen LogP contribution in [0.25, 0.3) is 0 Å². The molecular weight excluding hydrogens is 342 g/mol. The number of benzene rings is 2. The van der Waals surface area contributed by atoms with Crippen molar-refractivity contribution >= 4 is 11.9 Å². The number of carboxylic acid groups (broad SMARTS) is 1. The lowest BCUT2D eigenvalue weighted by Gasteiger charge is -2.21. The van der Waals surface area contributed by atoms with Crippen LogP contribution in [0.5, 0.6) is 5.75 Å². The van der Waals surface area contributed by atoms with E-state index in [-0.39, 0.29) is 24.3 Å². The zero-order valence-corrected chi connectivity index (χ0v) is 15.7. The number of aliphatic carboxylic acids is 1. The van der Waals surface area contributed by atoms with Gasteiger partial charge >= 0.3 is 5.97 Å². The van der Waals surface area contributed by atoms with E-state index in [4.69, 9.17) is 4.74 Å². The summed E-state index contributed by atoms with van der Waals surface area (Å²) >= 11 is 0. The van der Waals surface area contributed by atoms with E-state index in [1.165, 1.54) is 0 Å². The second kappa shape index (κ2) is 8.25. The highest BCUT2D eigenvalue weighted by Crippen LogP contribution is 2.33. The van der Waals surface area contributed by atoms with Crippen LogP contribution in [0.4, 0.5) is 0 Å². The SMILES string of the molecule is COc1ccc(CC(C)C(=O)N2C[C@H](C(=O)O)[C@H](c3ccccc3)C2)cc1. The van der Waals surface area contributed by atoms with Crippen LogP contribution < -0.4 is 4.74 Å². The first-order valence-electron chi connectivity index (χ1n) is 9.19. The molecule has 1 N–H and O–H groups in total. The third kappa shape index (κ3) is 4.30. The Hall–Kier alpha value is -2.82. The van der Waals surface area contributed by atoms with Gasteiger partial charge in [-0.25, -0.2) is 0 Å². The van der Waals surface area contributed by atoms with Crippen LogP contribution in [0.15, 0.2) is 54.6 Å². The molecule has 3 atom stereocenters. The maximum Gasteiger partial charge on any atom is 0.308 e. The molecule has 2 aromatic rings. The lowest BCUT2D eigenvalue weighted by molar-refractivity contribution is -0.142. The Kier molecular flexibility index (Phi) is 5.79. The summed E-state index contributed by atoms with van der Waals surface area (Å²) in [5.41, 5.74) is 2.04. The van der Waals surface area contributed by atoms with E-state index in [2.05, 4.69) is 0 Å². The predicted octanol–water partition coefficient (Wildman–Crippen LogP) is 3.20. The van der Waals surface area contributed by atoms with E-state index in [1.807, 2.05) is 61.5 Å². The van der Waals surface area contributed by atoms with E-state index in [0.29, 0.717) is 13.0 Å². The highest BCUT2D eigenvalue weighted by molar-refractivity contribution is 5.81. The maximum atomic E-state index is 12.9. The molecule has 1 aliphatic rings. The van der Waals surface area contributed by atoms with Crippen molar-refractivity contribution in [3.8, 4) is 5.75 Å². The van der Waals surface area contributed by atoms with Crippen LogP contribution in [-0.2, 0) is 16.0 Å². The fourth-order valence-corrected chi connectivity index (χ4v) is 3.79. The van der Waals surface area contributed by atoms with E-state index in [9.17, 15) is 14.7 Å². The molecule has 0 spiro atoms. The van der Waals surface area contributed by atoms with Crippen molar-refractivity contribution in [3.05, 3.63) is 65.7 Å². The lowest BCUT2D eigenvalue weighted by Crippen LogP contribution is -2.35. The molecule has 1 aliphatic heterocycles. The molecular formula is C22H25NO4. The number of carbonyl (C=O) groups is 2. The minimum Gasteiger partial charge on any atom is -0.497 e. The van der Waals surface area contributed by atoms with Crippen LogP contribution in [0.1, 0.15) is 24.0 Å². The first kappa shape index (κ1) is 19.0. The number of amides is 1. The van der Waals surface area contributed by atoms with E-state index in [0.717, 1.165) is 16.9 Å². The Labute approximate surface area is 159 Å². The second-order valence-electron chi connectivity index (χ2n) is 7.16. The van der Waals surface area contributed by atoms with Crippen molar-refractivity contribution in [1.82, 2.24) is 4.90 Å². The fourth-order valence-electron chi connectivity index (χ4n) is 3.79. The number of methoxy groups -OCH3 is 1. The van der Waals surface area contributed by atoms with Crippen LogP contribution in [0.2, 0.25) is 0 Å². The molecule has 0 aromatic heterocycles. The first-order chi connectivity index (χ1) is 13.0. The minimum atomic E-state index is -0.845. The molecule has 5 nitrogen and oxygen atoms in total. The number of carbonyl (C=O) groups excluding carboxylic acids is 1. The third-order valence-electron chi connectivity index (χ3n) is 5.30. The van der Waals surface area contributed by atoms with Crippen molar-refractivity contribution < 1.29 is 19.4 Å². The Morgan fingerprint density at radius 2 is 1.78 bits per heavy atom. The molecule has 2 aromatic carbocycles. The molecule has 0 radical (unpaired) electrons. The summed E-state index contributed by atoms with van der Waals surface area (Å²) in [6, 6.07) is 17.3. The summed E-state index contributed by atoms with van der Waals surface area (Å²) in [6.45, 7) is 2.62. The Balaban J connectivity index is 1.69. The van der Waals surface area contributed by atoms with Gasteiger partial charge in [0.25, 0.3) is 0 Å². The molecule has 1 fully saturated rings. The van der Waals surface area contributed by atoms with Gasteiger partial charge in [-0.3, -0.25) is 9.59 Å². The predicted molar refractivity (Wildman–Crippen MR) is 103 cm³/mol. The first-order valence-corrected chi connectivity index (χ1v) is 9.19. The topological polar surface area (TPSA) is 66.8 Å². The molecule has 1 heterocycles. The highest BCUT2D eigenvalue weighted by atomic mass is 16.5. The second-order valence-corrected chi connectivity index (χ2v) is 7.16. The summed E-state index contributed by atoms with van der Waals surface area (Å²) in [4.78, 5) is 26.4. The molecule has 1 amide bonds. The summed E-state index contributed by atoms with van der Waals surface area (Å²) in [5.74, 6) is -0.988. The van der Waals surface area contributed by atoms with Gasteiger partial charge < -0.3 is 14.7 Å². The standard InChI is InChI=1S/C22H25NO4/c1-15(12-16-8-10-18(27-2)11-9-16)21(24)23-13-19(20(14-23)22(25)26)17-6-4-3-5-7-17/h3-11,15,19-20H,12-14H2,1-2H3,(H,25,26)/t15?,19-,20-/m0/s1. The van der Waals surface area contributed by atoms with Crippen LogP contribution in [0, 0.1) is 11.8 Å². The number of ether oxygens (including phenoxy) is 1. The van der Waals surface area contributed by atoms with Gasteiger partial charge in [-0.2, -0.15) is 0 Å². The van der Waals surface area contributed by atoms with Gasteiger partial charge in [0.05, 0.1) is 13.0 Å². The van der Waals surface area contributed by atoms with Gasteiger partial charge in [-0.05, 0) is 29.7 Å². The zero-order valence-electron chi connectivity index (χ0n) is 15.7. The van der Waals surface area contributed by atoms with Crippen molar-refractivity contribution in [2.24, 2.45) is 11.8 Å². The van der Waals surface area contributed by atoms with Crippen LogP contribution in [0.3, 0.4) is 0 Å². The monoisotopic (exact) mass is 367 g/mol. The molecule has 0 aliphatic carbocycles. The molecule has 3 rings (SSSR count). The Bertz CT molecular complexity index is 788. The Morgan fingerprint density at radius 3 is 2.37 bits per heavy atom. The fraction of sp³-hybridized carbons (Fsp3) is 0.364. The van der Waals surface area contributed by atoms with Crippen molar-refractivity contribution in [2.45, 2.75) is 19.3 Å². The van der Waals surface area contributed by atoms with Gasteiger partial charge in [-0.15, -0.1) is 0 Å². The number of likely N-dealkylation sites (tertiary alicyclic amines) is 1. The van der Waals surface area contributed by atoms with E-state index >= 15 is 0 Å². The number of hydrogen-bond acceptors (Lipinski definition) is 3. The largest absolute Gasteiger partial charge is 0.497 e. The number of hydrogen-bond donors (Lipinski definition) is 1. The van der Waals surface area contributed by atoms with Gasteiger partial charge in [0.1, 0.15) is 5.75 Å². The van der Waals surface area contributed by atoms with E-state index in [1.54, 1.807) is 12.0 Å². The highest BCUT2D eigenvalue weighted by Gasteiger charge is 2.41. The summed E-state index contributed by atoms with van der Waals surface area (Å²) in [6.07, 6.45) is 0.618.